The predicted octanol–water partition coefficient (Wildman–Crippen LogP) is 3.14. The molecule has 1 aromatic heterocycles. The molecule has 0 saturated heterocycles. The summed E-state index contributed by atoms with van der Waals surface area (Å²) in [6.07, 6.45) is 3.80. The number of benzene rings is 1. The van der Waals surface area contributed by atoms with Gasteiger partial charge in [0.25, 0.3) is 0 Å². The summed E-state index contributed by atoms with van der Waals surface area (Å²) < 4.78 is 1.86. The Labute approximate surface area is 97.9 Å². The lowest BCUT2D eigenvalue weighted by molar-refractivity contribution is 0.0697. The highest BCUT2D eigenvalue weighted by Gasteiger charge is 2.09. The number of carboxylic acids is 1. The van der Waals surface area contributed by atoms with Gasteiger partial charge in [0.1, 0.15) is 0 Å². The number of aromatic carboxylic acids is 1. The van der Waals surface area contributed by atoms with E-state index in [9.17, 15) is 4.79 Å². The molecule has 0 aliphatic carbocycles. The Morgan fingerprint density at radius 3 is 2.69 bits per heavy atom. The van der Waals surface area contributed by atoms with Crippen molar-refractivity contribution in [2.75, 3.05) is 0 Å². The van der Waals surface area contributed by atoms with E-state index < -0.39 is 5.97 Å². The minimum absolute atomic E-state index is 0.116. The van der Waals surface area contributed by atoms with Gasteiger partial charge in [-0.15, -0.1) is 0 Å². The Balaban J connectivity index is 2.51. The van der Waals surface area contributed by atoms with E-state index in [1.165, 1.54) is 0 Å². The van der Waals surface area contributed by atoms with Crippen molar-refractivity contribution in [2.45, 2.75) is 6.92 Å². The number of aromatic nitrogens is 1. The standard InChI is InChI=1S/C12H10ClNO2/c1-8-4-5-14(7-8)9-2-3-11(13)10(6-9)12(15)16/h2-7H,1H3,(H,15,16). The van der Waals surface area contributed by atoms with Crippen LogP contribution < -0.4 is 0 Å². The third kappa shape index (κ3) is 1.95. The van der Waals surface area contributed by atoms with E-state index in [1.807, 2.05) is 30.0 Å². The summed E-state index contributed by atoms with van der Waals surface area (Å²) in [5, 5.41) is 9.20. The van der Waals surface area contributed by atoms with Crippen molar-refractivity contribution in [2.24, 2.45) is 0 Å². The summed E-state index contributed by atoms with van der Waals surface area (Å²) in [6.45, 7) is 1.98. The van der Waals surface area contributed by atoms with Crippen LogP contribution in [0.4, 0.5) is 0 Å². The molecule has 2 aromatic rings. The monoisotopic (exact) mass is 235 g/mol. The van der Waals surface area contributed by atoms with E-state index in [2.05, 4.69) is 0 Å². The van der Waals surface area contributed by atoms with Crippen LogP contribution in [-0.2, 0) is 0 Å². The van der Waals surface area contributed by atoms with Gasteiger partial charge in [-0.25, -0.2) is 4.79 Å². The summed E-state index contributed by atoms with van der Waals surface area (Å²) in [5.41, 5.74) is 2.02. The zero-order chi connectivity index (χ0) is 11.7. The first-order valence-electron chi connectivity index (χ1n) is 4.76. The molecule has 1 heterocycles. The lowest BCUT2D eigenvalue weighted by atomic mass is 10.2. The zero-order valence-electron chi connectivity index (χ0n) is 8.64. The molecular weight excluding hydrogens is 226 g/mol. The van der Waals surface area contributed by atoms with Gasteiger partial charge >= 0.3 is 5.97 Å². The molecule has 0 amide bonds. The molecular formula is C12H10ClNO2. The van der Waals surface area contributed by atoms with Crippen molar-refractivity contribution in [3.63, 3.8) is 0 Å². The molecule has 3 nitrogen and oxygen atoms in total. The van der Waals surface area contributed by atoms with Crippen LogP contribution in [-0.4, -0.2) is 15.6 Å². The number of hydrogen-bond donors (Lipinski definition) is 1. The van der Waals surface area contributed by atoms with Crippen LogP contribution >= 0.6 is 11.6 Å². The quantitative estimate of drug-likeness (QED) is 0.869. The molecule has 1 aromatic carbocycles. The van der Waals surface area contributed by atoms with Crippen LogP contribution in [0.15, 0.2) is 36.7 Å². The summed E-state index contributed by atoms with van der Waals surface area (Å²) in [5.74, 6) is -1.02. The van der Waals surface area contributed by atoms with Crippen molar-refractivity contribution >= 4 is 17.6 Å². The van der Waals surface area contributed by atoms with Gasteiger partial charge in [-0.3, -0.25) is 0 Å². The first kappa shape index (κ1) is 10.8. The Kier molecular flexibility index (Phi) is 2.71. The molecule has 0 radical (unpaired) electrons. The zero-order valence-corrected chi connectivity index (χ0v) is 9.40. The van der Waals surface area contributed by atoms with Gasteiger partial charge in [-0.2, -0.15) is 0 Å². The molecule has 16 heavy (non-hydrogen) atoms. The van der Waals surface area contributed by atoms with E-state index in [0.717, 1.165) is 11.3 Å². The SMILES string of the molecule is Cc1ccn(-c2ccc(Cl)c(C(=O)O)c2)c1. The summed E-state index contributed by atoms with van der Waals surface area (Å²) in [7, 11) is 0. The Morgan fingerprint density at radius 1 is 1.38 bits per heavy atom. The molecule has 0 aliphatic heterocycles. The van der Waals surface area contributed by atoms with E-state index in [0.29, 0.717) is 0 Å². The topological polar surface area (TPSA) is 42.2 Å². The van der Waals surface area contributed by atoms with Crippen molar-refractivity contribution in [1.82, 2.24) is 4.57 Å². The van der Waals surface area contributed by atoms with Crippen molar-refractivity contribution < 1.29 is 9.90 Å². The highest BCUT2D eigenvalue weighted by molar-refractivity contribution is 6.33. The first-order valence-corrected chi connectivity index (χ1v) is 5.13. The molecule has 0 bridgehead atoms. The number of aryl methyl sites for hydroxylation is 1. The maximum atomic E-state index is 10.9. The highest BCUT2D eigenvalue weighted by Crippen LogP contribution is 2.20. The first-order chi connectivity index (χ1) is 7.58. The lowest BCUT2D eigenvalue weighted by Crippen LogP contribution is -2.00. The fraction of sp³-hybridized carbons (Fsp3) is 0.0833. The highest BCUT2D eigenvalue weighted by atomic mass is 35.5. The maximum Gasteiger partial charge on any atom is 0.337 e. The van der Waals surface area contributed by atoms with Gasteiger partial charge in [0.05, 0.1) is 10.6 Å². The largest absolute Gasteiger partial charge is 0.478 e. The molecule has 0 fully saturated rings. The van der Waals surface area contributed by atoms with Crippen LogP contribution in [0.1, 0.15) is 15.9 Å². The fourth-order valence-corrected chi connectivity index (χ4v) is 1.70. The van der Waals surface area contributed by atoms with Gasteiger partial charge in [0, 0.05) is 18.1 Å². The van der Waals surface area contributed by atoms with Crippen LogP contribution in [0.3, 0.4) is 0 Å². The fourth-order valence-electron chi connectivity index (χ4n) is 1.50. The molecule has 2 rings (SSSR count). The van der Waals surface area contributed by atoms with Crippen LogP contribution in [0.25, 0.3) is 5.69 Å². The van der Waals surface area contributed by atoms with Crippen molar-refractivity contribution in [3.05, 3.63) is 52.8 Å². The Morgan fingerprint density at radius 2 is 2.12 bits per heavy atom. The summed E-state index contributed by atoms with van der Waals surface area (Å²) >= 11 is 5.79. The van der Waals surface area contributed by atoms with Crippen molar-refractivity contribution in [3.8, 4) is 5.69 Å². The van der Waals surface area contributed by atoms with E-state index in [-0.39, 0.29) is 10.6 Å². The summed E-state index contributed by atoms with van der Waals surface area (Å²) in [4.78, 5) is 10.9. The van der Waals surface area contributed by atoms with Crippen LogP contribution in [0.2, 0.25) is 5.02 Å². The number of carboxylic acid groups (broad SMARTS) is 1. The average Bonchev–Trinajstić information content (AvgIpc) is 2.65. The van der Waals surface area contributed by atoms with E-state index in [4.69, 9.17) is 16.7 Å². The molecule has 0 aliphatic rings. The third-order valence-electron chi connectivity index (χ3n) is 2.32. The average molecular weight is 236 g/mol. The smallest absolute Gasteiger partial charge is 0.337 e. The second-order valence-electron chi connectivity index (χ2n) is 3.57. The number of carbonyl (C=O) groups is 1. The van der Waals surface area contributed by atoms with Gasteiger partial charge in [0.2, 0.25) is 0 Å². The van der Waals surface area contributed by atoms with Gasteiger partial charge in [-0.1, -0.05) is 11.6 Å². The van der Waals surface area contributed by atoms with Crippen molar-refractivity contribution in [1.29, 1.82) is 0 Å². The second-order valence-corrected chi connectivity index (χ2v) is 3.97. The molecule has 0 unspecified atom stereocenters. The molecule has 0 atom stereocenters. The van der Waals surface area contributed by atoms with Crippen LogP contribution in [0.5, 0.6) is 0 Å². The Hall–Kier alpha value is -1.74. The van der Waals surface area contributed by atoms with E-state index >= 15 is 0 Å². The minimum atomic E-state index is -1.02. The summed E-state index contributed by atoms with van der Waals surface area (Å²) in [6, 6.07) is 6.89. The predicted molar refractivity (Wildman–Crippen MR) is 62.5 cm³/mol. The van der Waals surface area contributed by atoms with Gasteiger partial charge < -0.3 is 9.67 Å². The second kappa shape index (κ2) is 4.02. The third-order valence-corrected chi connectivity index (χ3v) is 2.65. The number of hydrogen-bond acceptors (Lipinski definition) is 1. The lowest BCUT2D eigenvalue weighted by Gasteiger charge is -2.05. The Bertz CT molecular complexity index is 546. The molecule has 0 saturated carbocycles. The van der Waals surface area contributed by atoms with Crippen LogP contribution in [0, 0.1) is 6.92 Å². The number of rotatable bonds is 2. The molecule has 0 spiro atoms. The number of halogens is 1. The van der Waals surface area contributed by atoms with E-state index in [1.54, 1.807) is 18.2 Å². The number of nitrogens with zero attached hydrogens (tertiary/aromatic N) is 1. The minimum Gasteiger partial charge on any atom is -0.478 e. The van der Waals surface area contributed by atoms with Gasteiger partial charge in [-0.05, 0) is 36.8 Å². The molecule has 1 N–H and O–H groups in total. The molecule has 4 heteroatoms. The normalized spacial score (nSPS) is 10.4. The maximum absolute atomic E-state index is 10.9. The molecule has 82 valence electrons. The van der Waals surface area contributed by atoms with Gasteiger partial charge in [0.15, 0.2) is 0 Å².